The normalized spacial score (nSPS) is 23.6. The van der Waals surface area contributed by atoms with E-state index < -0.39 is 0 Å². The quantitative estimate of drug-likeness (QED) is 0.860. The van der Waals surface area contributed by atoms with Gasteiger partial charge in [-0.3, -0.25) is 4.79 Å². The average molecular weight is 254 g/mol. The molecule has 1 amide bonds. The van der Waals surface area contributed by atoms with Gasteiger partial charge in [0.25, 0.3) is 5.91 Å². The topological polar surface area (TPSA) is 68.0 Å². The van der Waals surface area contributed by atoms with Crippen LogP contribution in [0.25, 0.3) is 0 Å². The van der Waals surface area contributed by atoms with Crippen molar-refractivity contribution in [3.05, 3.63) is 29.0 Å². The third-order valence-electron chi connectivity index (χ3n) is 3.24. The number of nitrogens with one attached hydrogen (secondary N) is 1. The zero-order valence-electron chi connectivity index (χ0n) is 9.53. The number of aromatic nitrogens is 1. The number of pyridine rings is 1. The summed E-state index contributed by atoms with van der Waals surface area (Å²) >= 11 is 5.72. The summed E-state index contributed by atoms with van der Waals surface area (Å²) in [4.78, 5) is 15.9. The Morgan fingerprint density at radius 1 is 1.53 bits per heavy atom. The number of nitrogens with zero attached hydrogens (tertiary/aromatic N) is 1. The Labute approximate surface area is 106 Å². The lowest BCUT2D eigenvalue weighted by atomic mass is 10.0. The summed E-state index contributed by atoms with van der Waals surface area (Å²) in [5.41, 5.74) is 6.07. The van der Waals surface area contributed by atoms with Gasteiger partial charge in [-0.15, -0.1) is 0 Å². The molecule has 0 bridgehead atoms. The van der Waals surface area contributed by atoms with Gasteiger partial charge in [-0.2, -0.15) is 0 Å². The van der Waals surface area contributed by atoms with Crippen molar-refractivity contribution < 1.29 is 4.79 Å². The van der Waals surface area contributed by atoms with Crippen molar-refractivity contribution in [1.82, 2.24) is 10.3 Å². The van der Waals surface area contributed by atoms with Crippen molar-refractivity contribution in [2.24, 2.45) is 11.7 Å². The molecule has 3 N–H and O–H groups in total. The van der Waals surface area contributed by atoms with E-state index in [2.05, 4.69) is 10.3 Å². The molecule has 1 aromatic heterocycles. The van der Waals surface area contributed by atoms with Gasteiger partial charge in [0.05, 0.1) is 5.02 Å². The van der Waals surface area contributed by atoms with Gasteiger partial charge in [0.15, 0.2) is 0 Å². The van der Waals surface area contributed by atoms with Gasteiger partial charge in [-0.05, 0) is 37.4 Å². The molecule has 17 heavy (non-hydrogen) atoms. The van der Waals surface area contributed by atoms with Crippen LogP contribution in [-0.2, 0) is 0 Å². The van der Waals surface area contributed by atoms with E-state index in [1.54, 1.807) is 12.1 Å². The van der Waals surface area contributed by atoms with Gasteiger partial charge in [-0.1, -0.05) is 18.0 Å². The molecule has 1 fully saturated rings. The van der Waals surface area contributed by atoms with Crippen molar-refractivity contribution in [2.75, 3.05) is 6.54 Å². The van der Waals surface area contributed by atoms with Crippen LogP contribution in [0.1, 0.15) is 29.8 Å². The highest BCUT2D eigenvalue weighted by molar-refractivity contribution is 6.30. The molecule has 0 saturated heterocycles. The Bertz CT molecular complexity index is 393. The molecule has 5 heteroatoms. The molecule has 2 atom stereocenters. The first kappa shape index (κ1) is 12.3. The Balaban J connectivity index is 1.99. The zero-order valence-corrected chi connectivity index (χ0v) is 10.3. The van der Waals surface area contributed by atoms with Gasteiger partial charge in [0.1, 0.15) is 5.69 Å². The number of carbonyl (C=O) groups is 1. The smallest absolute Gasteiger partial charge is 0.270 e. The summed E-state index contributed by atoms with van der Waals surface area (Å²) < 4.78 is 0. The van der Waals surface area contributed by atoms with Crippen LogP contribution in [0.5, 0.6) is 0 Å². The van der Waals surface area contributed by atoms with Crippen LogP contribution >= 0.6 is 11.6 Å². The maximum atomic E-state index is 11.9. The first-order chi connectivity index (χ1) is 8.20. The summed E-state index contributed by atoms with van der Waals surface area (Å²) in [6.07, 6.45) is 4.70. The molecule has 0 aliphatic heterocycles. The summed E-state index contributed by atoms with van der Waals surface area (Å²) in [7, 11) is 0. The molecule has 0 radical (unpaired) electrons. The van der Waals surface area contributed by atoms with Crippen LogP contribution in [0, 0.1) is 5.92 Å². The van der Waals surface area contributed by atoms with E-state index in [1.165, 1.54) is 6.20 Å². The number of hydrogen-bond acceptors (Lipinski definition) is 3. The number of hydrogen-bond donors (Lipinski definition) is 2. The van der Waals surface area contributed by atoms with Crippen LogP contribution < -0.4 is 11.1 Å². The maximum absolute atomic E-state index is 11.9. The number of carbonyl (C=O) groups excluding carboxylic acids is 1. The summed E-state index contributed by atoms with van der Waals surface area (Å²) in [6, 6.07) is 3.48. The SMILES string of the molecule is NCC1CCCC1NC(=O)c1ccc(Cl)cn1. The average Bonchev–Trinajstić information content (AvgIpc) is 2.77. The number of amides is 1. The van der Waals surface area contributed by atoms with Gasteiger partial charge in [-0.25, -0.2) is 4.98 Å². The molecule has 1 aliphatic rings. The third kappa shape index (κ3) is 2.96. The van der Waals surface area contributed by atoms with E-state index >= 15 is 0 Å². The predicted molar refractivity (Wildman–Crippen MR) is 66.9 cm³/mol. The van der Waals surface area contributed by atoms with E-state index in [9.17, 15) is 4.79 Å². The van der Waals surface area contributed by atoms with E-state index in [4.69, 9.17) is 17.3 Å². The summed E-state index contributed by atoms with van der Waals surface area (Å²) in [5, 5.41) is 3.52. The fourth-order valence-corrected chi connectivity index (χ4v) is 2.37. The van der Waals surface area contributed by atoms with Crippen LogP contribution in [0.2, 0.25) is 5.02 Å². The van der Waals surface area contributed by atoms with E-state index in [0.717, 1.165) is 19.3 Å². The Hall–Kier alpha value is -1.13. The first-order valence-electron chi connectivity index (χ1n) is 5.83. The van der Waals surface area contributed by atoms with Crippen molar-refractivity contribution in [3.63, 3.8) is 0 Å². The molecule has 1 heterocycles. The monoisotopic (exact) mass is 253 g/mol. The molecule has 1 aliphatic carbocycles. The van der Waals surface area contributed by atoms with Crippen molar-refractivity contribution >= 4 is 17.5 Å². The van der Waals surface area contributed by atoms with Gasteiger partial charge < -0.3 is 11.1 Å². The second kappa shape index (κ2) is 5.47. The van der Waals surface area contributed by atoms with Crippen molar-refractivity contribution in [1.29, 1.82) is 0 Å². The lowest BCUT2D eigenvalue weighted by Crippen LogP contribution is -2.40. The molecule has 4 nitrogen and oxygen atoms in total. The predicted octanol–water partition coefficient (Wildman–Crippen LogP) is 1.59. The number of nitrogens with two attached hydrogens (primary N) is 1. The lowest BCUT2D eigenvalue weighted by Gasteiger charge is -2.19. The Morgan fingerprint density at radius 3 is 3.00 bits per heavy atom. The van der Waals surface area contributed by atoms with Gasteiger partial charge in [0, 0.05) is 12.2 Å². The molecule has 1 saturated carbocycles. The standard InChI is InChI=1S/C12H16ClN3O/c13-9-4-5-11(15-7-9)12(17)16-10-3-1-2-8(10)6-14/h4-5,7-8,10H,1-3,6,14H2,(H,16,17). The highest BCUT2D eigenvalue weighted by Gasteiger charge is 2.27. The maximum Gasteiger partial charge on any atom is 0.270 e. The molecule has 0 aromatic carbocycles. The minimum Gasteiger partial charge on any atom is -0.348 e. The highest BCUT2D eigenvalue weighted by atomic mass is 35.5. The third-order valence-corrected chi connectivity index (χ3v) is 3.46. The minimum absolute atomic E-state index is 0.146. The second-order valence-corrected chi connectivity index (χ2v) is 4.80. The molecule has 2 unspecified atom stereocenters. The van der Waals surface area contributed by atoms with Crippen molar-refractivity contribution in [3.8, 4) is 0 Å². The molecular formula is C12H16ClN3O. The largest absolute Gasteiger partial charge is 0.348 e. The van der Waals surface area contributed by atoms with E-state index in [-0.39, 0.29) is 11.9 Å². The molecule has 0 spiro atoms. The van der Waals surface area contributed by atoms with E-state index in [1.807, 2.05) is 0 Å². The second-order valence-electron chi connectivity index (χ2n) is 4.37. The van der Waals surface area contributed by atoms with Gasteiger partial charge in [0.2, 0.25) is 0 Å². The lowest BCUT2D eigenvalue weighted by molar-refractivity contribution is 0.0923. The molecular weight excluding hydrogens is 238 g/mol. The fourth-order valence-electron chi connectivity index (χ4n) is 2.26. The number of halogens is 1. The molecule has 2 rings (SSSR count). The van der Waals surface area contributed by atoms with Gasteiger partial charge >= 0.3 is 0 Å². The number of rotatable bonds is 3. The van der Waals surface area contributed by atoms with Crippen LogP contribution in [-0.4, -0.2) is 23.5 Å². The van der Waals surface area contributed by atoms with Crippen molar-refractivity contribution in [2.45, 2.75) is 25.3 Å². The fraction of sp³-hybridized carbons (Fsp3) is 0.500. The van der Waals surface area contributed by atoms with E-state index in [0.29, 0.717) is 23.2 Å². The Kier molecular flexibility index (Phi) is 3.97. The Morgan fingerprint density at radius 2 is 2.35 bits per heavy atom. The summed E-state index contributed by atoms with van der Waals surface area (Å²) in [6.45, 7) is 0.624. The van der Waals surface area contributed by atoms with Crippen LogP contribution in [0.15, 0.2) is 18.3 Å². The summed E-state index contributed by atoms with van der Waals surface area (Å²) in [5.74, 6) is 0.248. The minimum atomic E-state index is -0.146. The van der Waals surface area contributed by atoms with Crippen LogP contribution in [0.4, 0.5) is 0 Å². The highest BCUT2D eigenvalue weighted by Crippen LogP contribution is 2.24. The zero-order chi connectivity index (χ0) is 12.3. The first-order valence-corrected chi connectivity index (χ1v) is 6.21. The van der Waals surface area contributed by atoms with Crippen LogP contribution in [0.3, 0.4) is 0 Å². The molecule has 1 aromatic rings. The molecule has 92 valence electrons.